The largest absolute Gasteiger partial charge is 0.299 e. The van der Waals surface area contributed by atoms with Crippen LogP contribution in [0.5, 0.6) is 0 Å². The Labute approximate surface area is 92.6 Å². The van der Waals surface area contributed by atoms with Crippen molar-refractivity contribution in [3.63, 3.8) is 0 Å². The maximum absolute atomic E-state index is 11.6. The summed E-state index contributed by atoms with van der Waals surface area (Å²) in [4.78, 5) is 11.6. The molecule has 1 nitrogen and oxygen atoms in total. The second-order valence-electron chi connectivity index (χ2n) is 4.07. The number of carbonyl (C=O) groups excluding carboxylic acids is 1. The molecule has 1 fully saturated rings. The van der Waals surface area contributed by atoms with Crippen molar-refractivity contribution in [3.05, 3.63) is 33.8 Å². The van der Waals surface area contributed by atoms with E-state index in [2.05, 4.69) is 28.9 Å². The van der Waals surface area contributed by atoms with Crippen LogP contribution in [-0.2, 0) is 10.2 Å². The molecule has 0 heterocycles. The normalized spacial score (nSPS) is 17.9. The van der Waals surface area contributed by atoms with E-state index in [1.165, 1.54) is 11.1 Å². The van der Waals surface area contributed by atoms with Crippen LogP contribution in [0.3, 0.4) is 0 Å². The molecule has 2 rings (SSSR count). The van der Waals surface area contributed by atoms with Crippen molar-refractivity contribution in [3.8, 4) is 0 Å². The van der Waals surface area contributed by atoms with Crippen molar-refractivity contribution in [1.29, 1.82) is 0 Å². The zero-order valence-electron chi connectivity index (χ0n) is 8.43. The number of ketones is 1. The molecule has 1 aliphatic rings. The smallest absolute Gasteiger partial charge is 0.140 e. The molecule has 0 atom stereocenters. The number of carbonyl (C=O) groups is 1. The number of benzene rings is 1. The first-order valence-electron chi connectivity index (χ1n) is 4.84. The van der Waals surface area contributed by atoms with Crippen LogP contribution in [-0.4, -0.2) is 5.78 Å². The molecule has 0 spiro atoms. The topological polar surface area (TPSA) is 17.1 Å². The van der Waals surface area contributed by atoms with E-state index >= 15 is 0 Å². The maximum Gasteiger partial charge on any atom is 0.140 e. The fraction of sp³-hybridized carbons (Fsp3) is 0.417. The van der Waals surface area contributed by atoms with Crippen LogP contribution < -0.4 is 0 Å². The lowest BCUT2D eigenvalue weighted by atomic mass is 9.89. The SMILES string of the molecule is CC(=O)C1(c2c(C)cccc2Br)CC1. The highest BCUT2D eigenvalue weighted by Crippen LogP contribution is 2.52. The van der Waals surface area contributed by atoms with Crippen LogP contribution in [0.2, 0.25) is 0 Å². The molecular formula is C12H13BrO. The molecule has 1 aromatic rings. The second-order valence-corrected chi connectivity index (χ2v) is 4.92. The van der Waals surface area contributed by atoms with Gasteiger partial charge in [-0.15, -0.1) is 0 Å². The number of hydrogen-bond donors (Lipinski definition) is 0. The fourth-order valence-electron chi connectivity index (χ4n) is 2.14. The van der Waals surface area contributed by atoms with Crippen molar-refractivity contribution >= 4 is 21.7 Å². The molecule has 14 heavy (non-hydrogen) atoms. The van der Waals surface area contributed by atoms with E-state index in [-0.39, 0.29) is 5.41 Å². The van der Waals surface area contributed by atoms with Gasteiger partial charge in [0.1, 0.15) is 5.78 Å². The van der Waals surface area contributed by atoms with Crippen LogP contribution >= 0.6 is 15.9 Å². The summed E-state index contributed by atoms with van der Waals surface area (Å²) < 4.78 is 1.07. The van der Waals surface area contributed by atoms with E-state index in [0.29, 0.717) is 5.78 Å². The third-order valence-electron chi connectivity index (χ3n) is 3.12. The molecule has 0 saturated heterocycles. The molecule has 2 heteroatoms. The molecule has 0 N–H and O–H groups in total. The average molecular weight is 253 g/mol. The van der Waals surface area contributed by atoms with E-state index in [1.807, 2.05) is 12.1 Å². The van der Waals surface area contributed by atoms with Gasteiger partial charge in [0.15, 0.2) is 0 Å². The summed E-state index contributed by atoms with van der Waals surface area (Å²) in [6.07, 6.45) is 2.01. The van der Waals surface area contributed by atoms with Gasteiger partial charge in [0.25, 0.3) is 0 Å². The Hall–Kier alpha value is -0.630. The Morgan fingerprint density at radius 2 is 2.07 bits per heavy atom. The standard InChI is InChI=1S/C12H13BrO/c1-8-4-3-5-10(13)11(8)12(6-7-12)9(2)14/h3-5H,6-7H2,1-2H3. The van der Waals surface area contributed by atoms with Crippen LogP contribution in [0.4, 0.5) is 0 Å². The van der Waals surface area contributed by atoms with E-state index in [1.54, 1.807) is 6.92 Å². The fourth-order valence-corrected chi connectivity index (χ4v) is 2.99. The van der Waals surface area contributed by atoms with Gasteiger partial charge in [0, 0.05) is 4.47 Å². The zero-order valence-corrected chi connectivity index (χ0v) is 10.0. The quantitative estimate of drug-likeness (QED) is 0.789. The third kappa shape index (κ3) is 1.33. The maximum atomic E-state index is 11.6. The molecule has 0 aromatic heterocycles. The number of hydrogen-bond acceptors (Lipinski definition) is 1. The first-order valence-corrected chi connectivity index (χ1v) is 5.64. The van der Waals surface area contributed by atoms with Crippen molar-refractivity contribution in [2.75, 3.05) is 0 Å². The molecular weight excluding hydrogens is 240 g/mol. The predicted molar refractivity (Wildman–Crippen MR) is 60.5 cm³/mol. The average Bonchev–Trinajstić information content (AvgIpc) is 2.85. The van der Waals surface area contributed by atoms with Gasteiger partial charge in [0.05, 0.1) is 5.41 Å². The lowest BCUT2D eigenvalue weighted by molar-refractivity contribution is -0.119. The summed E-state index contributed by atoms with van der Waals surface area (Å²) in [7, 11) is 0. The molecule has 0 aliphatic heterocycles. The summed E-state index contributed by atoms with van der Waals surface area (Å²) in [5.74, 6) is 0.299. The van der Waals surface area contributed by atoms with E-state index in [0.717, 1.165) is 17.3 Å². The van der Waals surface area contributed by atoms with Gasteiger partial charge in [-0.3, -0.25) is 4.79 Å². The Kier molecular flexibility index (Phi) is 2.26. The van der Waals surface area contributed by atoms with Crippen LogP contribution in [0.25, 0.3) is 0 Å². The Bertz CT molecular complexity index is 371. The monoisotopic (exact) mass is 252 g/mol. The van der Waals surface area contributed by atoms with Gasteiger partial charge >= 0.3 is 0 Å². The van der Waals surface area contributed by atoms with Gasteiger partial charge < -0.3 is 0 Å². The van der Waals surface area contributed by atoms with Gasteiger partial charge in [-0.05, 0) is 43.9 Å². The van der Waals surface area contributed by atoms with Crippen molar-refractivity contribution < 1.29 is 4.79 Å². The molecule has 1 aromatic carbocycles. The van der Waals surface area contributed by atoms with Crippen molar-refractivity contribution in [2.45, 2.75) is 32.1 Å². The Balaban J connectivity index is 2.56. The minimum absolute atomic E-state index is 0.163. The van der Waals surface area contributed by atoms with E-state index in [9.17, 15) is 4.79 Å². The summed E-state index contributed by atoms with van der Waals surface area (Å²) in [5.41, 5.74) is 2.25. The number of halogens is 1. The Morgan fingerprint density at radius 1 is 1.43 bits per heavy atom. The number of Topliss-reactive ketones (excluding diaryl/α,β-unsaturated/α-hetero) is 1. The van der Waals surface area contributed by atoms with Crippen molar-refractivity contribution in [1.82, 2.24) is 0 Å². The van der Waals surface area contributed by atoms with Gasteiger partial charge in [-0.1, -0.05) is 28.1 Å². The van der Waals surface area contributed by atoms with E-state index < -0.39 is 0 Å². The molecule has 1 saturated carbocycles. The van der Waals surface area contributed by atoms with E-state index in [4.69, 9.17) is 0 Å². The lowest BCUT2D eigenvalue weighted by Gasteiger charge is -2.16. The molecule has 1 aliphatic carbocycles. The first kappa shape index (κ1) is 9.91. The minimum atomic E-state index is -0.163. The summed E-state index contributed by atoms with van der Waals surface area (Å²) in [6, 6.07) is 6.10. The third-order valence-corrected chi connectivity index (χ3v) is 3.79. The summed E-state index contributed by atoms with van der Waals surface area (Å²) in [5, 5.41) is 0. The van der Waals surface area contributed by atoms with Crippen LogP contribution in [0.1, 0.15) is 30.9 Å². The van der Waals surface area contributed by atoms with Crippen molar-refractivity contribution in [2.24, 2.45) is 0 Å². The lowest BCUT2D eigenvalue weighted by Crippen LogP contribution is -2.18. The molecule has 74 valence electrons. The second kappa shape index (κ2) is 3.20. The first-order chi connectivity index (χ1) is 6.58. The summed E-state index contributed by atoms with van der Waals surface area (Å²) in [6.45, 7) is 3.77. The highest BCUT2D eigenvalue weighted by molar-refractivity contribution is 9.10. The minimum Gasteiger partial charge on any atom is -0.299 e. The highest BCUT2D eigenvalue weighted by Gasteiger charge is 2.50. The molecule has 0 amide bonds. The zero-order chi connectivity index (χ0) is 10.3. The Morgan fingerprint density at radius 3 is 2.50 bits per heavy atom. The highest BCUT2D eigenvalue weighted by atomic mass is 79.9. The van der Waals surface area contributed by atoms with Gasteiger partial charge in [0.2, 0.25) is 0 Å². The predicted octanol–water partition coefficient (Wildman–Crippen LogP) is 3.38. The van der Waals surface area contributed by atoms with Crippen LogP contribution in [0.15, 0.2) is 22.7 Å². The molecule has 0 unspecified atom stereocenters. The number of rotatable bonds is 2. The van der Waals surface area contributed by atoms with Gasteiger partial charge in [-0.2, -0.15) is 0 Å². The number of aryl methyl sites for hydroxylation is 1. The molecule has 0 bridgehead atoms. The van der Waals surface area contributed by atoms with Crippen LogP contribution in [0, 0.1) is 6.92 Å². The molecule has 0 radical (unpaired) electrons. The summed E-state index contributed by atoms with van der Waals surface area (Å²) >= 11 is 3.54. The van der Waals surface area contributed by atoms with Gasteiger partial charge in [-0.25, -0.2) is 0 Å².